The van der Waals surface area contributed by atoms with E-state index in [1.165, 1.54) is 12.8 Å². The minimum absolute atomic E-state index is 0.131. The normalized spacial score (nSPS) is 15.1. The van der Waals surface area contributed by atoms with Crippen molar-refractivity contribution in [2.24, 2.45) is 5.10 Å². The highest BCUT2D eigenvalue weighted by Crippen LogP contribution is 2.25. The zero-order valence-electron chi connectivity index (χ0n) is 13.5. The molecule has 1 aliphatic heterocycles. The van der Waals surface area contributed by atoms with E-state index in [0.717, 1.165) is 36.8 Å². The van der Waals surface area contributed by atoms with Crippen LogP contribution in [0.1, 0.15) is 5.56 Å². The number of aromatic hydroxyl groups is 1. The van der Waals surface area contributed by atoms with Gasteiger partial charge in [-0.2, -0.15) is 5.10 Å². The largest absolute Gasteiger partial charge is 0.504 e. The quantitative estimate of drug-likeness (QED) is 0.864. The van der Waals surface area contributed by atoms with Crippen molar-refractivity contribution in [1.29, 1.82) is 0 Å². The van der Waals surface area contributed by atoms with Crippen LogP contribution in [0.4, 0.5) is 5.69 Å². The van der Waals surface area contributed by atoms with E-state index in [9.17, 15) is 5.11 Å². The summed E-state index contributed by atoms with van der Waals surface area (Å²) in [7, 11) is 1.53. The van der Waals surface area contributed by atoms with Gasteiger partial charge in [-0.05, 0) is 48.0 Å². The van der Waals surface area contributed by atoms with Gasteiger partial charge in [-0.1, -0.05) is 11.6 Å². The van der Waals surface area contributed by atoms with Crippen LogP contribution in [-0.2, 0) is 0 Å². The Labute approximate surface area is 146 Å². The molecule has 3 rings (SSSR count). The SMILES string of the molecule is COc1cc(C=NN2CCN(c3ccc(Cl)cc3)CC2)ccc1O. The topological polar surface area (TPSA) is 48.3 Å². The van der Waals surface area contributed by atoms with Crippen LogP contribution in [0, 0.1) is 0 Å². The van der Waals surface area contributed by atoms with Crippen LogP contribution in [0.2, 0.25) is 5.02 Å². The van der Waals surface area contributed by atoms with Crippen LogP contribution in [0.3, 0.4) is 0 Å². The molecule has 0 atom stereocenters. The van der Waals surface area contributed by atoms with Crippen molar-refractivity contribution in [3.8, 4) is 11.5 Å². The predicted octanol–water partition coefficient (Wildman–Crippen LogP) is 3.21. The summed E-state index contributed by atoms with van der Waals surface area (Å²) < 4.78 is 5.11. The van der Waals surface area contributed by atoms with E-state index in [2.05, 4.69) is 10.0 Å². The van der Waals surface area contributed by atoms with Crippen LogP contribution < -0.4 is 9.64 Å². The van der Waals surface area contributed by atoms with Gasteiger partial charge in [0.15, 0.2) is 11.5 Å². The van der Waals surface area contributed by atoms with Crippen molar-refractivity contribution in [3.05, 3.63) is 53.1 Å². The molecule has 0 saturated carbocycles. The molecule has 126 valence electrons. The van der Waals surface area contributed by atoms with Crippen LogP contribution in [0.25, 0.3) is 0 Å². The maximum atomic E-state index is 9.61. The molecule has 0 aliphatic carbocycles. The number of phenols is 1. The molecular weight excluding hydrogens is 326 g/mol. The fourth-order valence-corrected chi connectivity index (χ4v) is 2.77. The fraction of sp³-hybridized carbons (Fsp3) is 0.278. The van der Waals surface area contributed by atoms with Crippen LogP contribution >= 0.6 is 11.6 Å². The highest BCUT2D eigenvalue weighted by Gasteiger charge is 2.15. The van der Waals surface area contributed by atoms with E-state index >= 15 is 0 Å². The lowest BCUT2D eigenvalue weighted by atomic mass is 10.2. The number of ether oxygens (including phenoxy) is 1. The van der Waals surface area contributed by atoms with Gasteiger partial charge in [-0.25, -0.2) is 0 Å². The Morgan fingerprint density at radius 3 is 2.46 bits per heavy atom. The van der Waals surface area contributed by atoms with Gasteiger partial charge in [0.25, 0.3) is 0 Å². The average molecular weight is 346 g/mol. The third-order valence-electron chi connectivity index (χ3n) is 4.02. The number of benzene rings is 2. The Morgan fingerprint density at radius 2 is 1.79 bits per heavy atom. The van der Waals surface area contributed by atoms with Crippen molar-refractivity contribution < 1.29 is 9.84 Å². The standard InChI is InChI=1S/C18H20ClN3O2/c1-24-18-12-14(2-7-17(18)23)13-20-22-10-8-21(9-11-22)16-5-3-15(19)4-6-16/h2-7,12-13,23H,8-11H2,1H3. The molecule has 0 amide bonds. The second-order valence-corrected chi connectivity index (χ2v) is 6.03. The highest BCUT2D eigenvalue weighted by molar-refractivity contribution is 6.30. The van der Waals surface area contributed by atoms with Gasteiger partial charge in [0.1, 0.15) is 0 Å². The lowest BCUT2D eigenvalue weighted by Crippen LogP contribution is -2.44. The van der Waals surface area contributed by atoms with Gasteiger partial charge >= 0.3 is 0 Å². The Kier molecular flexibility index (Phi) is 5.11. The molecular formula is C18H20ClN3O2. The van der Waals surface area contributed by atoms with E-state index < -0.39 is 0 Å². The molecule has 0 spiro atoms. The number of phenolic OH excluding ortho intramolecular Hbond substituents is 1. The molecule has 2 aromatic carbocycles. The van der Waals surface area contributed by atoms with Gasteiger partial charge in [0.05, 0.1) is 26.4 Å². The Hall–Kier alpha value is -2.40. The van der Waals surface area contributed by atoms with Crippen LogP contribution in [-0.4, -0.2) is 49.6 Å². The fourth-order valence-electron chi connectivity index (χ4n) is 2.64. The summed E-state index contributed by atoms with van der Waals surface area (Å²) >= 11 is 5.93. The molecule has 0 aromatic heterocycles. The van der Waals surface area contributed by atoms with E-state index in [0.29, 0.717) is 5.75 Å². The van der Waals surface area contributed by atoms with Gasteiger partial charge in [-0.15, -0.1) is 0 Å². The monoisotopic (exact) mass is 345 g/mol. The number of methoxy groups -OCH3 is 1. The average Bonchev–Trinajstić information content (AvgIpc) is 2.62. The summed E-state index contributed by atoms with van der Waals surface area (Å²) in [5, 5.41) is 16.9. The summed E-state index contributed by atoms with van der Waals surface area (Å²) in [4.78, 5) is 2.33. The van der Waals surface area contributed by atoms with E-state index in [4.69, 9.17) is 16.3 Å². The highest BCUT2D eigenvalue weighted by atomic mass is 35.5. The van der Waals surface area contributed by atoms with Gasteiger partial charge in [0.2, 0.25) is 0 Å². The molecule has 1 fully saturated rings. The number of hydrazone groups is 1. The summed E-state index contributed by atoms with van der Waals surface area (Å²) in [5.41, 5.74) is 2.08. The first-order valence-electron chi connectivity index (χ1n) is 7.82. The third-order valence-corrected chi connectivity index (χ3v) is 4.27. The molecule has 1 N–H and O–H groups in total. The molecule has 0 bridgehead atoms. The van der Waals surface area contributed by atoms with Gasteiger partial charge < -0.3 is 14.7 Å². The Balaban J connectivity index is 1.58. The second kappa shape index (κ2) is 7.45. The van der Waals surface area contributed by atoms with Crippen molar-refractivity contribution in [2.75, 3.05) is 38.2 Å². The van der Waals surface area contributed by atoms with Gasteiger partial charge in [0, 0.05) is 23.8 Å². The Bertz CT molecular complexity index is 711. The second-order valence-electron chi connectivity index (χ2n) is 5.59. The van der Waals surface area contributed by atoms with Crippen molar-refractivity contribution in [3.63, 3.8) is 0 Å². The van der Waals surface area contributed by atoms with Crippen molar-refractivity contribution in [1.82, 2.24) is 5.01 Å². The van der Waals surface area contributed by atoms with Crippen molar-refractivity contribution >= 4 is 23.5 Å². The molecule has 6 heteroatoms. The number of hydrogen-bond donors (Lipinski definition) is 1. The molecule has 1 saturated heterocycles. The molecule has 1 heterocycles. The lowest BCUT2D eigenvalue weighted by Gasteiger charge is -2.34. The summed E-state index contributed by atoms with van der Waals surface area (Å²) in [6.07, 6.45) is 1.79. The first kappa shape index (κ1) is 16.5. The van der Waals surface area contributed by atoms with E-state index in [1.807, 2.05) is 35.3 Å². The van der Waals surface area contributed by atoms with Gasteiger partial charge in [-0.3, -0.25) is 5.01 Å². The summed E-state index contributed by atoms with van der Waals surface area (Å²) in [5.74, 6) is 0.581. The zero-order chi connectivity index (χ0) is 16.9. The number of piperazine rings is 1. The number of halogens is 1. The number of anilines is 1. The van der Waals surface area contributed by atoms with E-state index in [1.54, 1.807) is 18.3 Å². The number of nitrogens with zero attached hydrogens (tertiary/aromatic N) is 3. The predicted molar refractivity (Wildman–Crippen MR) is 97.5 cm³/mol. The molecule has 24 heavy (non-hydrogen) atoms. The zero-order valence-corrected chi connectivity index (χ0v) is 14.3. The number of hydrogen-bond acceptors (Lipinski definition) is 5. The third kappa shape index (κ3) is 3.92. The lowest BCUT2D eigenvalue weighted by molar-refractivity contribution is 0.272. The minimum atomic E-state index is 0.131. The van der Waals surface area contributed by atoms with Crippen LogP contribution in [0.5, 0.6) is 11.5 Å². The first-order valence-corrected chi connectivity index (χ1v) is 8.20. The summed E-state index contributed by atoms with van der Waals surface area (Å²) in [6.45, 7) is 3.54. The Morgan fingerprint density at radius 1 is 1.08 bits per heavy atom. The van der Waals surface area contributed by atoms with Crippen LogP contribution in [0.15, 0.2) is 47.6 Å². The molecule has 2 aromatic rings. The maximum Gasteiger partial charge on any atom is 0.161 e. The minimum Gasteiger partial charge on any atom is -0.504 e. The van der Waals surface area contributed by atoms with Crippen molar-refractivity contribution in [2.45, 2.75) is 0 Å². The smallest absolute Gasteiger partial charge is 0.161 e. The maximum absolute atomic E-state index is 9.61. The molecule has 5 nitrogen and oxygen atoms in total. The molecule has 1 aliphatic rings. The van der Waals surface area contributed by atoms with E-state index in [-0.39, 0.29) is 5.75 Å². The summed E-state index contributed by atoms with van der Waals surface area (Å²) in [6, 6.07) is 13.1. The number of rotatable bonds is 4. The molecule has 0 unspecified atom stereocenters. The first-order chi connectivity index (χ1) is 11.7. The molecule has 0 radical (unpaired) electrons.